The number of aliphatic hydroxyl groups excluding tert-OH is 2. The molecule has 2 aliphatic carbocycles. The van der Waals surface area contributed by atoms with Gasteiger partial charge in [-0.25, -0.2) is 4.98 Å². The monoisotopic (exact) mass is 408 g/mol. The fraction of sp³-hybridized carbons (Fsp3) is 0.500. The van der Waals surface area contributed by atoms with Crippen molar-refractivity contribution < 1.29 is 10.2 Å². The highest BCUT2D eigenvalue weighted by Gasteiger charge is 2.34. The van der Waals surface area contributed by atoms with E-state index in [9.17, 15) is 5.11 Å². The number of rotatable bonds is 8. The molecule has 0 aliphatic heterocycles. The lowest BCUT2D eigenvalue weighted by atomic mass is 9.80. The molecule has 5 rings (SSSR count). The summed E-state index contributed by atoms with van der Waals surface area (Å²) in [6.07, 6.45) is 7.70. The lowest BCUT2D eigenvalue weighted by molar-refractivity contribution is 0.105. The van der Waals surface area contributed by atoms with E-state index in [1.54, 1.807) is 0 Å². The average Bonchev–Trinajstić information content (AvgIpc) is 3.50. The number of aromatic nitrogens is 4. The maximum absolute atomic E-state index is 9.61. The van der Waals surface area contributed by atoms with E-state index in [-0.39, 0.29) is 13.2 Å². The molecule has 2 fully saturated rings. The second kappa shape index (κ2) is 7.94. The summed E-state index contributed by atoms with van der Waals surface area (Å²) >= 11 is 0. The van der Waals surface area contributed by atoms with Crippen LogP contribution in [0.3, 0.4) is 0 Å². The van der Waals surface area contributed by atoms with Gasteiger partial charge in [-0.05, 0) is 50.3 Å². The first-order valence-corrected chi connectivity index (χ1v) is 10.7. The number of nitrogens with one attached hydrogen (secondary N) is 1. The second-order valence-corrected chi connectivity index (χ2v) is 8.56. The molecular weight excluding hydrogens is 380 g/mol. The summed E-state index contributed by atoms with van der Waals surface area (Å²) in [4.78, 5) is 9.56. The van der Waals surface area contributed by atoms with E-state index >= 15 is 0 Å². The molecule has 0 bridgehead atoms. The summed E-state index contributed by atoms with van der Waals surface area (Å²) in [5, 5.41) is 26.7. The van der Waals surface area contributed by atoms with E-state index in [0.717, 1.165) is 53.1 Å². The smallest absolute Gasteiger partial charge is 0.112 e. The van der Waals surface area contributed by atoms with Gasteiger partial charge < -0.3 is 21.3 Å². The fourth-order valence-corrected chi connectivity index (χ4v) is 4.16. The zero-order chi connectivity index (χ0) is 20.7. The van der Waals surface area contributed by atoms with Gasteiger partial charge in [-0.2, -0.15) is 5.10 Å². The van der Waals surface area contributed by atoms with Crippen LogP contribution < -0.4 is 11.1 Å². The van der Waals surface area contributed by atoms with E-state index in [1.807, 2.05) is 24.4 Å². The van der Waals surface area contributed by atoms with Gasteiger partial charge in [0.1, 0.15) is 5.52 Å². The molecule has 2 heterocycles. The Morgan fingerprint density at radius 1 is 1.27 bits per heavy atom. The fourth-order valence-electron chi connectivity index (χ4n) is 4.16. The van der Waals surface area contributed by atoms with Gasteiger partial charge in [-0.1, -0.05) is 6.07 Å². The van der Waals surface area contributed by atoms with Crippen molar-refractivity contribution in [2.24, 2.45) is 11.7 Å². The molecule has 2 aromatic heterocycles. The molecule has 3 aromatic rings. The molecule has 0 spiro atoms. The molecular formula is C22H28N6O2. The minimum Gasteiger partial charge on any atom is -0.394 e. The second-order valence-electron chi connectivity index (χ2n) is 8.56. The van der Waals surface area contributed by atoms with Gasteiger partial charge in [0, 0.05) is 24.2 Å². The van der Waals surface area contributed by atoms with Crippen LogP contribution in [-0.4, -0.2) is 55.8 Å². The van der Waals surface area contributed by atoms with E-state index in [1.165, 1.54) is 12.8 Å². The zero-order valence-corrected chi connectivity index (χ0v) is 16.9. The molecule has 5 N–H and O–H groups in total. The molecule has 2 aliphatic rings. The first kappa shape index (κ1) is 19.4. The quantitative estimate of drug-likeness (QED) is 0.450. The first-order valence-electron chi connectivity index (χ1n) is 10.7. The number of aliphatic hydroxyl groups is 2. The molecule has 8 nitrogen and oxygen atoms in total. The highest BCUT2D eigenvalue weighted by molar-refractivity contribution is 5.88. The maximum atomic E-state index is 9.61. The first-order chi connectivity index (χ1) is 14.7. The molecule has 30 heavy (non-hydrogen) atoms. The Balaban J connectivity index is 1.45. The van der Waals surface area contributed by atoms with Crippen LogP contribution in [0.15, 0.2) is 30.6 Å². The van der Waals surface area contributed by atoms with E-state index in [4.69, 9.17) is 20.9 Å². The van der Waals surface area contributed by atoms with Crippen molar-refractivity contribution in [2.75, 3.05) is 25.0 Å². The summed E-state index contributed by atoms with van der Waals surface area (Å²) in [5.41, 5.74) is 11.2. The summed E-state index contributed by atoms with van der Waals surface area (Å²) in [5.74, 6) is 1.14. The van der Waals surface area contributed by atoms with Crippen molar-refractivity contribution >= 4 is 16.7 Å². The van der Waals surface area contributed by atoms with Crippen LogP contribution in [0.25, 0.3) is 22.3 Å². The molecule has 158 valence electrons. The number of hydrogen-bond donors (Lipinski definition) is 4. The Labute approximate surface area is 175 Å². The molecule has 0 radical (unpaired) electrons. The molecule has 1 unspecified atom stereocenters. The number of benzene rings is 1. The standard InChI is InChI=1S/C22H28N6O2/c23-8-13-6-15(7-13)28-11-17(21(27-28)14-4-5-14)20-10-25-22-18(24-9-16(30)12-29)2-1-3-19(22)26-20/h1-3,10-11,13-16,24,29-30H,4-9,12,23H2/t13-,15-,16?. The molecule has 1 atom stereocenters. The normalized spacial score (nSPS) is 22.1. The number of fused-ring (bicyclic) bond motifs is 1. The van der Waals surface area contributed by atoms with Gasteiger partial charge in [-0.15, -0.1) is 0 Å². The van der Waals surface area contributed by atoms with Crippen molar-refractivity contribution in [3.05, 3.63) is 36.3 Å². The van der Waals surface area contributed by atoms with Crippen LogP contribution in [0.4, 0.5) is 5.69 Å². The minimum atomic E-state index is -0.815. The van der Waals surface area contributed by atoms with Gasteiger partial charge in [0.2, 0.25) is 0 Å². The van der Waals surface area contributed by atoms with Crippen LogP contribution in [0, 0.1) is 5.92 Å². The van der Waals surface area contributed by atoms with Crippen molar-refractivity contribution in [3.8, 4) is 11.3 Å². The topological polar surface area (TPSA) is 122 Å². The summed E-state index contributed by atoms with van der Waals surface area (Å²) in [6, 6.07) is 6.20. The van der Waals surface area contributed by atoms with E-state index in [2.05, 4.69) is 21.2 Å². The Bertz CT molecular complexity index is 1040. The molecule has 8 heteroatoms. The number of para-hydroxylation sites is 1. The number of hydrogen-bond acceptors (Lipinski definition) is 7. The van der Waals surface area contributed by atoms with Gasteiger partial charge in [0.25, 0.3) is 0 Å². The molecule has 2 saturated carbocycles. The van der Waals surface area contributed by atoms with Gasteiger partial charge in [-0.3, -0.25) is 9.67 Å². The van der Waals surface area contributed by atoms with Crippen LogP contribution in [0.5, 0.6) is 0 Å². The van der Waals surface area contributed by atoms with Crippen molar-refractivity contribution in [1.29, 1.82) is 0 Å². The Hall–Kier alpha value is -2.55. The van der Waals surface area contributed by atoms with Crippen molar-refractivity contribution in [1.82, 2.24) is 19.7 Å². The molecule has 0 saturated heterocycles. The Kier molecular flexibility index (Phi) is 5.14. The van der Waals surface area contributed by atoms with Crippen LogP contribution >= 0.6 is 0 Å². The summed E-state index contributed by atoms with van der Waals surface area (Å²) in [6.45, 7) is 0.722. The minimum absolute atomic E-state index is 0.253. The SMILES string of the molecule is NC[C@H]1C[C@H](n2cc(-c3cnc4c(NCC(O)CO)cccc4n3)c(C3CC3)n2)C1. The van der Waals surface area contributed by atoms with Crippen LogP contribution in [0.1, 0.15) is 43.3 Å². The molecule has 1 aromatic carbocycles. The van der Waals surface area contributed by atoms with Crippen LogP contribution in [0.2, 0.25) is 0 Å². The highest BCUT2D eigenvalue weighted by Crippen LogP contribution is 2.45. The van der Waals surface area contributed by atoms with Gasteiger partial charge in [0.05, 0.1) is 47.5 Å². The Morgan fingerprint density at radius 2 is 2.10 bits per heavy atom. The number of nitrogens with zero attached hydrogens (tertiary/aromatic N) is 4. The van der Waals surface area contributed by atoms with E-state index in [0.29, 0.717) is 17.9 Å². The molecule has 0 amide bonds. The number of nitrogens with two attached hydrogens (primary N) is 1. The maximum Gasteiger partial charge on any atom is 0.112 e. The van der Waals surface area contributed by atoms with E-state index < -0.39 is 6.10 Å². The van der Waals surface area contributed by atoms with Crippen molar-refractivity contribution in [2.45, 2.75) is 43.7 Å². The summed E-state index contributed by atoms with van der Waals surface area (Å²) in [7, 11) is 0. The Morgan fingerprint density at radius 3 is 2.83 bits per heavy atom. The largest absolute Gasteiger partial charge is 0.394 e. The van der Waals surface area contributed by atoms with Gasteiger partial charge in [0.15, 0.2) is 0 Å². The lowest BCUT2D eigenvalue weighted by Crippen LogP contribution is -2.32. The predicted octanol–water partition coefficient (Wildman–Crippen LogP) is 2.05. The lowest BCUT2D eigenvalue weighted by Gasteiger charge is -2.34. The third-order valence-electron chi connectivity index (χ3n) is 6.23. The number of anilines is 1. The third-order valence-corrected chi connectivity index (χ3v) is 6.23. The van der Waals surface area contributed by atoms with Crippen LogP contribution in [-0.2, 0) is 0 Å². The zero-order valence-electron chi connectivity index (χ0n) is 16.9. The highest BCUT2D eigenvalue weighted by atomic mass is 16.3. The van der Waals surface area contributed by atoms with Gasteiger partial charge >= 0.3 is 0 Å². The summed E-state index contributed by atoms with van der Waals surface area (Å²) < 4.78 is 2.12. The van der Waals surface area contributed by atoms with Crippen molar-refractivity contribution in [3.63, 3.8) is 0 Å². The predicted molar refractivity (Wildman–Crippen MR) is 115 cm³/mol. The third kappa shape index (κ3) is 3.66. The average molecular weight is 409 g/mol.